The molecule has 2 aromatic carbocycles. The first-order valence-corrected chi connectivity index (χ1v) is 24.7. The summed E-state index contributed by atoms with van der Waals surface area (Å²) >= 11 is 0. The molecule has 0 radical (unpaired) electrons. The number of carbonyl (C=O) groups is 4. The highest BCUT2D eigenvalue weighted by Crippen LogP contribution is 2.34. The lowest BCUT2D eigenvalue weighted by Crippen LogP contribution is -2.51. The first kappa shape index (κ1) is 53.0. The number of piperidine rings is 1. The Hall–Kier alpha value is -6.77. The van der Waals surface area contributed by atoms with Crippen molar-refractivity contribution in [3.8, 4) is 11.3 Å². The lowest BCUT2D eigenvalue weighted by Gasteiger charge is -2.37. The van der Waals surface area contributed by atoms with Gasteiger partial charge in [-0.2, -0.15) is 18.3 Å². The number of rotatable bonds is 18. The van der Waals surface area contributed by atoms with Crippen molar-refractivity contribution in [2.75, 3.05) is 68.9 Å². The van der Waals surface area contributed by atoms with Gasteiger partial charge in [0.05, 0.1) is 34.3 Å². The van der Waals surface area contributed by atoms with Gasteiger partial charge in [0.15, 0.2) is 0 Å². The number of fused-ring (bicyclic) bond motifs is 1. The predicted molar refractivity (Wildman–Crippen MR) is 268 cm³/mol. The average Bonchev–Trinajstić information content (AvgIpc) is 4.06. The number of piperazine rings is 1. The SMILES string of the molecule is CC.COC(NCCCCC/C=C/c1cnc(N)c2c(-c3ccc(C(=O)Nc4cc(C(F)(F)F)ccn4)cc3)[nH]nc12)C1CCCN1C(=O)CCN1CCN(c2ccc(C3CCC(=O)NC3=O)cc2F)CC1. The highest BCUT2D eigenvalue weighted by Gasteiger charge is 2.35. The van der Waals surface area contributed by atoms with Crippen molar-refractivity contribution in [1.82, 2.24) is 40.6 Å². The summed E-state index contributed by atoms with van der Waals surface area (Å²) in [6, 6.07) is 12.9. The van der Waals surface area contributed by atoms with Crippen molar-refractivity contribution in [1.29, 1.82) is 0 Å². The van der Waals surface area contributed by atoms with Crippen molar-refractivity contribution in [3.05, 3.63) is 101 Å². The van der Waals surface area contributed by atoms with Gasteiger partial charge >= 0.3 is 6.18 Å². The molecule has 16 nitrogen and oxygen atoms in total. The average molecular weight is 998 g/mol. The van der Waals surface area contributed by atoms with E-state index < -0.39 is 23.6 Å². The number of benzene rings is 2. The van der Waals surface area contributed by atoms with E-state index in [1.807, 2.05) is 29.7 Å². The van der Waals surface area contributed by atoms with E-state index >= 15 is 4.39 Å². The van der Waals surface area contributed by atoms with Crippen LogP contribution in [0.3, 0.4) is 0 Å². The summed E-state index contributed by atoms with van der Waals surface area (Å²) in [6.07, 6.45) is 8.29. The minimum Gasteiger partial charge on any atom is -0.383 e. The highest BCUT2D eigenvalue weighted by molar-refractivity contribution is 6.06. The number of pyridine rings is 2. The third kappa shape index (κ3) is 13.0. The Morgan fingerprint density at radius 1 is 0.972 bits per heavy atom. The third-order valence-corrected chi connectivity index (χ3v) is 13.3. The molecule has 384 valence electrons. The van der Waals surface area contributed by atoms with Crippen LogP contribution in [0.4, 0.5) is 34.9 Å². The van der Waals surface area contributed by atoms with Gasteiger partial charge in [0, 0.05) is 88.3 Å². The van der Waals surface area contributed by atoms with Gasteiger partial charge in [-0.15, -0.1) is 0 Å². The van der Waals surface area contributed by atoms with E-state index in [-0.39, 0.29) is 59.4 Å². The number of unbranched alkanes of at least 4 members (excludes halogenated alkanes) is 3. The van der Waals surface area contributed by atoms with Crippen LogP contribution in [0.1, 0.15) is 105 Å². The van der Waals surface area contributed by atoms with Gasteiger partial charge in [0.1, 0.15) is 29.2 Å². The molecule has 3 unspecified atom stereocenters. The standard InChI is InChI=1S/C50H57F4N11O5.C2H6/c1-70-49(39-9-7-22-65(39)42(67)19-23-63-24-26-64(27-25-63)38-16-14-33(28-37(38)51)36-15-17-41(66)60-48(36)69)57-20-6-4-2-3-5-8-34-30-58-46(55)43-44(61-62-45(34)43)31-10-12-32(13-11-31)47(68)59-40-29-35(18-21-56-40)50(52,53)54;1-2/h5,8,10-14,16,18,21,28-30,36,39,49,57H,2-4,6-7,9,15,17,19-20,22-27H2,1H3,(H2,55,58)(H,61,62)(H,56,59,68)(H,60,66,69);1-2H3/b8-5+;. The number of hydrogen-bond donors (Lipinski definition) is 5. The molecule has 3 aliphatic heterocycles. The Bertz CT molecular complexity index is 2710. The van der Waals surface area contributed by atoms with E-state index in [0.717, 1.165) is 69.0 Å². The predicted octanol–water partition coefficient (Wildman–Crippen LogP) is 7.90. The molecule has 3 aromatic heterocycles. The summed E-state index contributed by atoms with van der Waals surface area (Å²) in [4.78, 5) is 64.6. The number of nitrogens with two attached hydrogens (primary N) is 1. The quantitative estimate of drug-likeness (QED) is 0.0246. The number of H-pyrrole nitrogens is 1. The molecule has 4 amide bonds. The molecular weight excluding hydrogens is 935 g/mol. The first-order valence-electron chi connectivity index (χ1n) is 24.7. The van der Waals surface area contributed by atoms with Gasteiger partial charge in [-0.05, 0) is 87.0 Å². The molecule has 72 heavy (non-hydrogen) atoms. The number of aromatic nitrogens is 4. The van der Waals surface area contributed by atoms with E-state index in [2.05, 4.69) is 47.1 Å². The van der Waals surface area contributed by atoms with E-state index in [1.165, 1.54) is 6.07 Å². The summed E-state index contributed by atoms with van der Waals surface area (Å²) in [5.41, 5.74) is 9.37. The van der Waals surface area contributed by atoms with E-state index in [9.17, 15) is 32.3 Å². The molecule has 6 N–H and O–H groups in total. The number of alkyl halides is 3. The maximum absolute atomic E-state index is 15.3. The number of likely N-dealkylation sites (tertiary alicyclic amines) is 1. The minimum atomic E-state index is -4.57. The van der Waals surface area contributed by atoms with Crippen LogP contribution in [-0.2, 0) is 25.3 Å². The summed E-state index contributed by atoms with van der Waals surface area (Å²) in [5.74, 6) is -2.06. The normalized spacial score (nSPS) is 18.0. The number of methoxy groups -OCH3 is 1. The zero-order valence-electron chi connectivity index (χ0n) is 40.9. The molecule has 0 aliphatic carbocycles. The molecule has 20 heteroatoms. The molecule has 8 rings (SSSR count). The third-order valence-electron chi connectivity index (χ3n) is 13.3. The van der Waals surface area contributed by atoms with Crippen LogP contribution in [0.5, 0.6) is 0 Å². The number of amides is 4. The fraction of sp³-hybridized carbons (Fsp3) is 0.442. The number of carbonyl (C=O) groups excluding carboxylic acids is 4. The number of hydrogen-bond acceptors (Lipinski definition) is 12. The Morgan fingerprint density at radius 3 is 2.47 bits per heavy atom. The Kier molecular flexibility index (Phi) is 18.1. The lowest BCUT2D eigenvalue weighted by atomic mass is 9.90. The van der Waals surface area contributed by atoms with E-state index in [1.54, 1.807) is 49.7 Å². The van der Waals surface area contributed by atoms with Crippen LogP contribution in [0.15, 0.2) is 73.1 Å². The number of nitrogens with zero attached hydrogens (tertiary/aromatic N) is 6. The van der Waals surface area contributed by atoms with Gasteiger partial charge in [0.25, 0.3) is 5.91 Å². The lowest BCUT2D eigenvalue weighted by molar-refractivity contribution is -0.138. The molecule has 0 spiro atoms. The molecule has 6 heterocycles. The van der Waals surface area contributed by atoms with Gasteiger partial charge in [-0.1, -0.05) is 50.6 Å². The summed E-state index contributed by atoms with van der Waals surface area (Å²) < 4.78 is 60.5. The monoisotopic (exact) mass is 997 g/mol. The number of nitrogens with one attached hydrogen (secondary N) is 4. The second-order valence-corrected chi connectivity index (χ2v) is 17.8. The molecule has 0 bridgehead atoms. The Labute approximate surface area is 416 Å². The van der Waals surface area contributed by atoms with E-state index in [0.29, 0.717) is 85.5 Å². The Morgan fingerprint density at radius 2 is 1.75 bits per heavy atom. The topological polar surface area (TPSA) is 204 Å². The molecule has 0 saturated carbocycles. The summed E-state index contributed by atoms with van der Waals surface area (Å²) in [7, 11) is 1.67. The smallest absolute Gasteiger partial charge is 0.383 e. The number of aromatic amines is 1. The van der Waals surface area contributed by atoms with Gasteiger partial charge in [-0.3, -0.25) is 39.8 Å². The minimum absolute atomic E-state index is 0.0545. The van der Waals surface area contributed by atoms with Gasteiger partial charge < -0.3 is 25.6 Å². The fourth-order valence-corrected chi connectivity index (χ4v) is 9.48. The van der Waals surface area contributed by atoms with Crippen LogP contribution < -0.4 is 26.6 Å². The molecule has 3 fully saturated rings. The first-order chi connectivity index (χ1) is 34.8. The molecule has 3 saturated heterocycles. The van der Waals surface area contributed by atoms with Crippen molar-refractivity contribution < 1.29 is 41.5 Å². The maximum atomic E-state index is 15.3. The number of allylic oxidation sites excluding steroid dienone is 1. The number of imide groups is 1. The molecule has 3 aliphatic rings. The second-order valence-electron chi connectivity index (χ2n) is 17.8. The maximum Gasteiger partial charge on any atom is 0.416 e. The van der Waals surface area contributed by atoms with Gasteiger partial charge in [-0.25, -0.2) is 14.4 Å². The summed E-state index contributed by atoms with van der Waals surface area (Å²) in [6.45, 7) is 8.66. The van der Waals surface area contributed by atoms with Crippen LogP contribution >= 0.6 is 0 Å². The fourth-order valence-electron chi connectivity index (χ4n) is 9.48. The van der Waals surface area contributed by atoms with Crippen molar-refractivity contribution in [2.45, 2.75) is 96.0 Å². The number of nitrogen functional groups attached to an aromatic ring is 1. The van der Waals surface area contributed by atoms with Crippen molar-refractivity contribution >= 4 is 57.9 Å². The second kappa shape index (κ2) is 24.6. The van der Waals surface area contributed by atoms with Crippen LogP contribution in [0.2, 0.25) is 0 Å². The largest absolute Gasteiger partial charge is 0.416 e. The van der Waals surface area contributed by atoms with Crippen molar-refractivity contribution in [2.24, 2.45) is 0 Å². The zero-order valence-corrected chi connectivity index (χ0v) is 40.9. The van der Waals surface area contributed by atoms with Crippen LogP contribution in [-0.4, -0.2) is 119 Å². The number of anilines is 3. The Balaban J connectivity index is 0.00000376. The van der Waals surface area contributed by atoms with Crippen molar-refractivity contribution in [3.63, 3.8) is 0 Å². The van der Waals surface area contributed by atoms with Gasteiger partial charge in [0.2, 0.25) is 17.7 Å². The van der Waals surface area contributed by atoms with Crippen LogP contribution in [0, 0.1) is 5.82 Å². The molecule has 5 aromatic rings. The number of halogens is 4. The van der Waals surface area contributed by atoms with E-state index in [4.69, 9.17) is 10.5 Å². The number of ether oxygens (including phenoxy) is 1. The van der Waals surface area contributed by atoms with Crippen LogP contribution in [0.25, 0.3) is 28.2 Å². The molecular formula is C52H63F4N11O5. The zero-order chi connectivity index (χ0) is 51.4. The molecule has 3 atom stereocenters. The summed E-state index contributed by atoms with van der Waals surface area (Å²) in [5, 5.41) is 16.5. The highest BCUT2D eigenvalue weighted by atomic mass is 19.4.